The molecule has 0 aromatic heterocycles. The van der Waals surface area contributed by atoms with Crippen molar-refractivity contribution in [2.45, 2.75) is 60.3 Å². The molecule has 0 fully saturated rings. The zero-order valence-electron chi connectivity index (χ0n) is 28.7. The molecule has 0 unspecified atom stereocenters. The summed E-state index contributed by atoms with van der Waals surface area (Å²) in [4.78, 5) is 26.0. The summed E-state index contributed by atoms with van der Waals surface area (Å²) in [5, 5.41) is 75.3. The molecule has 256 valence electrons. The predicted octanol–water partition coefficient (Wildman–Crippen LogP) is 8.38. The summed E-state index contributed by atoms with van der Waals surface area (Å²) >= 11 is 0. The highest BCUT2D eigenvalue weighted by atomic mass is 16.3. The van der Waals surface area contributed by atoms with Crippen LogP contribution < -0.4 is 5.01 Å². The number of phenolic OH excluding ortho intramolecular Hbond substituents is 6. The molecule has 1 aliphatic rings. The molecular formula is C40H38N2O8. The molecule has 10 heteroatoms. The third-order valence-electron chi connectivity index (χ3n) is 9.46. The van der Waals surface area contributed by atoms with Crippen molar-refractivity contribution in [3.05, 3.63) is 81.4 Å². The maximum absolute atomic E-state index is 13.7. The first-order valence-corrected chi connectivity index (χ1v) is 16.2. The third-order valence-corrected chi connectivity index (χ3v) is 9.46. The van der Waals surface area contributed by atoms with Crippen molar-refractivity contribution in [1.29, 1.82) is 0 Å². The van der Waals surface area contributed by atoms with E-state index in [9.17, 15) is 40.2 Å². The number of hydrazone groups is 1. The Kier molecular flexibility index (Phi) is 8.22. The molecule has 10 nitrogen and oxygen atoms in total. The number of aryl methyl sites for hydroxylation is 2. The Morgan fingerprint density at radius 1 is 0.660 bits per heavy atom. The van der Waals surface area contributed by atoms with E-state index in [0.29, 0.717) is 50.7 Å². The van der Waals surface area contributed by atoms with Crippen LogP contribution in [0.25, 0.3) is 38.7 Å². The molecule has 5 aromatic carbocycles. The molecule has 0 bridgehead atoms. The first-order valence-electron chi connectivity index (χ1n) is 16.2. The first kappa shape index (κ1) is 33.9. The van der Waals surface area contributed by atoms with Gasteiger partial charge in [0.1, 0.15) is 11.5 Å². The van der Waals surface area contributed by atoms with Gasteiger partial charge in [0.2, 0.25) is 0 Å². The van der Waals surface area contributed by atoms with E-state index >= 15 is 0 Å². The molecule has 1 aliphatic heterocycles. The molecule has 0 spiro atoms. The van der Waals surface area contributed by atoms with Crippen LogP contribution in [-0.4, -0.2) is 48.5 Å². The van der Waals surface area contributed by atoms with Crippen molar-refractivity contribution < 1.29 is 40.2 Å². The van der Waals surface area contributed by atoms with E-state index in [2.05, 4.69) is 5.10 Å². The van der Waals surface area contributed by atoms with Crippen LogP contribution in [0.4, 0.5) is 5.69 Å². The van der Waals surface area contributed by atoms with Gasteiger partial charge < -0.3 is 30.6 Å². The highest BCUT2D eigenvalue weighted by molar-refractivity contribution is 6.32. The topological polar surface area (TPSA) is 171 Å². The summed E-state index contributed by atoms with van der Waals surface area (Å²) in [6.07, 6.45) is 1.74. The van der Waals surface area contributed by atoms with Gasteiger partial charge in [0.05, 0.1) is 22.5 Å². The molecule has 6 N–H and O–H groups in total. The van der Waals surface area contributed by atoms with E-state index < -0.39 is 34.7 Å². The van der Waals surface area contributed by atoms with Crippen LogP contribution in [-0.2, 0) is 4.79 Å². The lowest BCUT2D eigenvalue weighted by atomic mass is 9.83. The molecule has 0 atom stereocenters. The van der Waals surface area contributed by atoms with Gasteiger partial charge in [-0.05, 0) is 72.7 Å². The third kappa shape index (κ3) is 4.89. The highest BCUT2D eigenvalue weighted by Gasteiger charge is 2.32. The molecule has 6 rings (SSSR count). The number of carbonyl (C=O) groups is 2. The predicted molar refractivity (Wildman–Crippen MR) is 195 cm³/mol. The lowest BCUT2D eigenvalue weighted by molar-refractivity contribution is -0.114. The molecule has 0 saturated heterocycles. The summed E-state index contributed by atoms with van der Waals surface area (Å²) in [6, 6.07) is 12.2. The van der Waals surface area contributed by atoms with E-state index in [-0.39, 0.29) is 56.2 Å². The van der Waals surface area contributed by atoms with Gasteiger partial charge in [0.25, 0.3) is 5.91 Å². The number of amides is 1. The maximum atomic E-state index is 13.7. The van der Waals surface area contributed by atoms with Gasteiger partial charge in [0.15, 0.2) is 29.3 Å². The number of hydrogen-bond acceptors (Lipinski definition) is 9. The van der Waals surface area contributed by atoms with E-state index in [0.717, 1.165) is 0 Å². The van der Waals surface area contributed by atoms with Crippen LogP contribution in [0.5, 0.6) is 34.5 Å². The smallest absolute Gasteiger partial charge is 0.280 e. The average molecular weight is 675 g/mol. The second-order valence-corrected chi connectivity index (χ2v) is 13.4. The monoisotopic (exact) mass is 674 g/mol. The second-order valence-electron chi connectivity index (χ2n) is 13.4. The molecule has 50 heavy (non-hydrogen) atoms. The molecule has 0 saturated carbocycles. The molecule has 5 aromatic rings. The van der Waals surface area contributed by atoms with Gasteiger partial charge >= 0.3 is 0 Å². The van der Waals surface area contributed by atoms with E-state index in [1.807, 2.05) is 19.9 Å². The van der Waals surface area contributed by atoms with Crippen molar-refractivity contribution >= 4 is 51.2 Å². The number of phenols is 6. The second kappa shape index (κ2) is 12.1. The zero-order valence-corrected chi connectivity index (χ0v) is 28.7. The number of anilines is 1. The minimum atomic E-state index is -0.667. The fourth-order valence-corrected chi connectivity index (χ4v) is 7.20. The maximum Gasteiger partial charge on any atom is 0.280 e. The van der Waals surface area contributed by atoms with Crippen LogP contribution >= 0.6 is 0 Å². The minimum Gasteiger partial charge on any atom is -0.507 e. The number of nitrogens with zero attached hydrogens (tertiary/aromatic N) is 2. The van der Waals surface area contributed by atoms with E-state index in [4.69, 9.17) is 0 Å². The Hall–Kier alpha value is -6.03. The van der Waals surface area contributed by atoms with Crippen LogP contribution in [0.15, 0.2) is 53.1 Å². The first-order chi connectivity index (χ1) is 23.6. The largest absolute Gasteiger partial charge is 0.507 e. The number of hydrogen-bond donors (Lipinski definition) is 6. The van der Waals surface area contributed by atoms with Crippen LogP contribution in [0, 0.1) is 13.8 Å². The van der Waals surface area contributed by atoms with Gasteiger partial charge in [0, 0.05) is 38.6 Å². The van der Waals surface area contributed by atoms with Gasteiger partial charge in [-0.1, -0.05) is 58.0 Å². The van der Waals surface area contributed by atoms with E-state index in [1.165, 1.54) is 11.1 Å². The summed E-state index contributed by atoms with van der Waals surface area (Å²) in [7, 11) is 0. The van der Waals surface area contributed by atoms with Crippen molar-refractivity contribution in [2.24, 2.45) is 5.10 Å². The number of rotatable bonds is 6. The quantitative estimate of drug-likeness (QED) is 0.0592. The standard InChI is InChI=1S/C40H38N2O8/c1-17(2)28-24-13-19(5)30(31-20(6)14-25-29(18(3)4)39(49)35(45)27(16-43)33(25)37(31)47)36(46)32(24)26(34(44)38(28)48)15-23-21(7)41-42(40(23)50)22-11-9-8-10-12-22/h8-18,44-49H,1-7H3/b23-15-. The Bertz CT molecular complexity index is 2350. The number of fused-ring (bicyclic) bond motifs is 2. The number of aldehydes is 1. The normalized spacial score (nSPS) is 14.2. The van der Waals surface area contributed by atoms with Crippen LogP contribution in [0.3, 0.4) is 0 Å². The summed E-state index contributed by atoms with van der Waals surface area (Å²) in [6.45, 7) is 12.3. The summed E-state index contributed by atoms with van der Waals surface area (Å²) in [5.41, 5.74) is 2.65. The van der Waals surface area contributed by atoms with Crippen molar-refractivity contribution in [3.8, 4) is 45.6 Å². The van der Waals surface area contributed by atoms with Gasteiger partial charge in [-0.3, -0.25) is 9.59 Å². The summed E-state index contributed by atoms with van der Waals surface area (Å²) < 4.78 is 0. The van der Waals surface area contributed by atoms with Crippen molar-refractivity contribution in [2.75, 3.05) is 5.01 Å². The average Bonchev–Trinajstić information content (AvgIpc) is 3.34. The lowest BCUT2D eigenvalue weighted by Gasteiger charge is -2.23. The Balaban J connectivity index is 1.72. The van der Waals surface area contributed by atoms with Gasteiger partial charge in [-0.2, -0.15) is 10.1 Å². The molecular weight excluding hydrogens is 636 g/mol. The fourth-order valence-electron chi connectivity index (χ4n) is 7.20. The number of para-hydroxylation sites is 1. The fraction of sp³-hybridized carbons (Fsp3) is 0.225. The van der Waals surface area contributed by atoms with Crippen molar-refractivity contribution in [3.63, 3.8) is 0 Å². The Morgan fingerprint density at radius 2 is 1.12 bits per heavy atom. The van der Waals surface area contributed by atoms with Crippen molar-refractivity contribution in [1.82, 2.24) is 0 Å². The number of benzene rings is 5. The van der Waals surface area contributed by atoms with Crippen LogP contribution in [0.1, 0.15) is 84.6 Å². The SMILES string of the molecule is CC1=NN(c2ccccc2)C(=O)/C1=C\c1c(O)c(O)c(C(C)C)c2cc(C)c(-c3c(C)cc4c(C(C)C)c(O)c(O)c(C=O)c4c3O)c(O)c12. The molecule has 0 radical (unpaired) electrons. The molecule has 1 heterocycles. The Morgan fingerprint density at radius 3 is 1.58 bits per heavy atom. The minimum absolute atomic E-state index is 0.00153. The Labute approximate surface area is 288 Å². The number of aromatic hydroxyl groups is 6. The van der Waals surface area contributed by atoms with E-state index in [1.54, 1.807) is 71.0 Å². The zero-order chi connectivity index (χ0) is 36.5. The lowest BCUT2D eigenvalue weighted by Crippen LogP contribution is -2.21. The number of carbonyl (C=O) groups excluding carboxylic acids is 2. The summed E-state index contributed by atoms with van der Waals surface area (Å²) in [5.74, 6) is -3.92. The van der Waals surface area contributed by atoms with Gasteiger partial charge in [-0.15, -0.1) is 0 Å². The molecule has 1 amide bonds. The van der Waals surface area contributed by atoms with Gasteiger partial charge in [-0.25, -0.2) is 0 Å². The highest BCUT2D eigenvalue weighted by Crippen LogP contribution is 2.55. The molecule has 0 aliphatic carbocycles. The van der Waals surface area contributed by atoms with Crippen LogP contribution in [0.2, 0.25) is 0 Å².